The summed E-state index contributed by atoms with van der Waals surface area (Å²) in [6.07, 6.45) is 9.94. The number of nitrogens with zero attached hydrogens (tertiary/aromatic N) is 1. The molecule has 2 fully saturated rings. The first-order valence-electron chi connectivity index (χ1n) is 8.23. The molecule has 0 aromatic heterocycles. The van der Waals surface area contributed by atoms with Gasteiger partial charge in [0.1, 0.15) is 0 Å². The fourth-order valence-electron chi connectivity index (χ4n) is 3.72. The molecule has 1 N–H and O–H groups in total. The molecule has 1 heterocycles. The second kappa shape index (κ2) is 7.49. The van der Waals surface area contributed by atoms with Crippen LogP contribution >= 0.6 is 0 Å². The van der Waals surface area contributed by atoms with Gasteiger partial charge >= 0.3 is 0 Å². The Kier molecular flexibility index (Phi) is 5.97. The zero-order valence-electron chi connectivity index (χ0n) is 12.5. The molecule has 2 aliphatic rings. The van der Waals surface area contributed by atoms with Crippen molar-refractivity contribution in [2.75, 3.05) is 26.2 Å². The van der Waals surface area contributed by atoms with Crippen LogP contribution in [-0.2, 0) is 0 Å². The maximum absolute atomic E-state index is 3.86. The lowest BCUT2D eigenvalue weighted by Gasteiger charge is -2.37. The Bertz CT molecular complexity index is 223. The Morgan fingerprint density at radius 1 is 1.17 bits per heavy atom. The highest BCUT2D eigenvalue weighted by molar-refractivity contribution is 4.83. The lowest BCUT2D eigenvalue weighted by molar-refractivity contribution is 0.145. The van der Waals surface area contributed by atoms with Gasteiger partial charge in [-0.1, -0.05) is 33.1 Å². The van der Waals surface area contributed by atoms with Crippen LogP contribution in [0.2, 0.25) is 0 Å². The second-order valence-corrected chi connectivity index (χ2v) is 6.71. The minimum Gasteiger partial charge on any atom is -0.312 e. The first-order valence-corrected chi connectivity index (χ1v) is 8.23. The highest BCUT2D eigenvalue weighted by atomic mass is 15.2. The molecule has 0 aromatic rings. The van der Waals surface area contributed by atoms with E-state index in [9.17, 15) is 0 Å². The van der Waals surface area contributed by atoms with Crippen LogP contribution in [0.1, 0.15) is 58.8 Å². The number of piperidine rings is 1. The number of hydrogen-bond acceptors (Lipinski definition) is 2. The number of hydrogen-bond donors (Lipinski definition) is 1. The molecule has 1 aliphatic carbocycles. The van der Waals surface area contributed by atoms with Crippen LogP contribution in [0.15, 0.2) is 0 Å². The van der Waals surface area contributed by atoms with Gasteiger partial charge in [-0.3, -0.25) is 0 Å². The Balaban J connectivity index is 1.69. The third-order valence-corrected chi connectivity index (χ3v) is 4.73. The van der Waals surface area contributed by atoms with Crippen molar-refractivity contribution < 1.29 is 0 Å². The van der Waals surface area contributed by atoms with Crippen molar-refractivity contribution in [2.45, 2.75) is 64.8 Å². The average Bonchev–Trinajstić information content (AvgIpc) is 2.86. The smallest absolute Gasteiger partial charge is 0.0198 e. The van der Waals surface area contributed by atoms with E-state index in [4.69, 9.17) is 0 Å². The van der Waals surface area contributed by atoms with Gasteiger partial charge in [-0.2, -0.15) is 0 Å². The minimum atomic E-state index is 0.756. The summed E-state index contributed by atoms with van der Waals surface area (Å²) >= 11 is 0. The zero-order valence-corrected chi connectivity index (χ0v) is 12.5. The molecule has 2 nitrogen and oxygen atoms in total. The minimum absolute atomic E-state index is 0.756. The summed E-state index contributed by atoms with van der Waals surface area (Å²) in [5.41, 5.74) is 0. The Morgan fingerprint density at radius 2 is 1.94 bits per heavy atom. The van der Waals surface area contributed by atoms with Crippen LogP contribution < -0.4 is 5.32 Å². The van der Waals surface area contributed by atoms with Gasteiger partial charge in [-0.15, -0.1) is 0 Å². The standard InChI is InChI=1S/C16H32N2/c1-3-4-9-18-12-14(2)10-16(13-18)17-11-15-7-5-6-8-15/h14-17H,3-13H2,1-2H3. The van der Waals surface area contributed by atoms with Gasteiger partial charge in [0.2, 0.25) is 0 Å². The van der Waals surface area contributed by atoms with E-state index < -0.39 is 0 Å². The topological polar surface area (TPSA) is 15.3 Å². The molecular weight excluding hydrogens is 220 g/mol. The third kappa shape index (κ3) is 4.55. The van der Waals surface area contributed by atoms with Crippen LogP contribution in [0, 0.1) is 11.8 Å². The molecule has 106 valence electrons. The van der Waals surface area contributed by atoms with Crippen molar-refractivity contribution >= 4 is 0 Å². The summed E-state index contributed by atoms with van der Waals surface area (Å²) in [5, 5.41) is 3.86. The Hall–Kier alpha value is -0.0800. The van der Waals surface area contributed by atoms with Crippen molar-refractivity contribution in [3.63, 3.8) is 0 Å². The van der Waals surface area contributed by atoms with Gasteiger partial charge in [0.15, 0.2) is 0 Å². The molecule has 0 aromatic carbocycles. The summed E-state index contributed by atoms with van der Waals surface area (Å²) in [6.45, 7) is 9.91. The molecular formula is C16H32N2. The molecule has 0 amide bonds. The molecule has 0 radical (unpaired) electrons. The predicted molar refractivity (Wildman–Crippen MR) is 78.9 cm³/mol. The quantitative estimate of drug-likeness (QED) is 0.780. The Morgan fingerprint density at radius 3 is 2.67 bits per heavy atom. The monoisotopic (exact) mass is 252 g/mol. The number of unbranched alkanes of at least 4 members (excludes halogenated alkanes) is 1. The summed E-state index contributed by atoms with van der Waals surface area (Å²) in [6, 6.07) is 0.756. The van der Waals surface area contributed by atoms with Crippen molar-refractivity contribution in [1.82, 2.24) is 10.2 Å². The normalized spacial score (nSPS) is 31.0. The molecule has 1 saturated carbocycles. The SMILES string of the molecule is CCCCN1CC(C)CC(NCC2CCCC2)C1. The van der Waals surface area contributed by atoms with E-state index >= 15 is 0 Å². The Labute approximate surface area is 114 Å². The van der Waals surface area contributed by atoms with Crippen molar-refractivity contribution in [3.8, 4) is 0 Å². The van der Waals surface area contributed by atoms with Gasteiger partial charge in [0, 0.05) is 19.1 Å². The van der Waals surface area contributed by atoms with Gasteiger partial charge in [0.25, 0.3) is 0 Å². The molecule has 1 saturated heterocycles. The van der Waals surface area contributed by atoms with Crippen LogP contribution in [0.25, 0.3) is 0 Å². The first-order chi connectivity index (χ1) is 8.78. The third-order valence-electron chi connectivity index (χ3n) is 4.73. The van der Waals surface area contributed by atoms with Crippen LogP contribution in [0.3, 0.4) is 0 Å². The maximum atomic E-state index is 3.86. The fourth-order valence-corrected chi connectivity index (χ4v) is 3.72. The molecule has 2 unspecified atom stereocenters. The van der Waals surface area contributed by atoms with E-state index in [1.807, 2.05) is 0 Å². The van der Waals surface area contributed by atoms with E-state index in [1.165, 1.54) is 71.1 Å². The lowest BCUT2D eigenvalue weighted by Crippen LogP contribution is -2.49. The van der Waals surface area contributed by atoms with Crippen LogP contribution in [0.4, 0.5) is 0 Å². The molecule has 2 rings (SSSR count). The van der Waals surface area contributed by atoms with E-state index in [2.05, 4.69) is 24.1 Å². The fraction of sp³-hybridized carbons (Fsp3) is 1.00. The molecule has 0 spiro atoms. The van der Waals surface area contributed by atoms with Crippen LogP contribution in [0.5, 0.6) is 0 Å². The summed E-state index contributed by atoms with van der Waals surface area (Å²) in [5.74, 6) is 1.85. The van der Waals surface area contributed by atoms with Crippen molar-refractivity contribution in [3.05, 3.63) is 0 Å². The number of nitrogens with one attached hydrogen (secondary N) is 1. The van der Waals surface area contributed by atoms with Gasteiger partial charge in [-0.05, 0) is 50.6 Å². The maximum Gasteiger partial charge on any atom is 0.0198 e. The molecule has 1 aliphatic heterocycles. The lowest BCUT2D eigenvalue weighted by atomic mass is 9.95. The first kappa shape index (κ1) is 14.3. The summed E-state index contributed by atoms with van der Waals surface area (Å²) in [7, 11) is 0. The van der Waals surface area contributed by atoms with E-state index in [-0.39, 0.29) is 0 Å². The van der Waals surface area contributed by atoms with Crippen LogP contribution in [-0.4, -0.2) is 37.1 Å². The highest BCUT2D eigenvalue weighted by Gasteiger charge is 2.25. The predicted octanol–water partition coefficient (Wildman–Crippen LogP) is 3.28. The summed E-state index contributed by atoms with van der Waals surface area (Å²) < 4.78 is 0. The van der Waals surface area contributed by atoms with E-state index in [1.54, 1.807) is 0 Å². The zero-order chi connectivity index (χ0) is 12.8. The molecule has 2 heteroatoms. The van der Waals surface area contributed by atoms with Gasteiger partial charge in [-0.25, -0.2) is 0 Å². The van der Waals surface area contributed by atoms with Crippen molar-refractivity contribution in [1.29, 1.82) is 0 Å². The van der Waals surface area contributed by atoms with E-state index in [0.29, 0.717) is 0 Å². The molecule has 2 atom stereocenters. The number of likely N-dealkylation sites (tertiary alicyclic amines) is 1. The van der Waals surface area contributed by atoms with Gasteiger partial charge < -0.3 is 10.2 Å². The average molecular weight is 252 g/mol. The van der Waals surface area contributed by atoms with Gasteiger partial charge in [0.05, 0.1) is 0 Å². The van der Waals surface area contributed by atoms with E-state index in [0.717, 1.165) is 17.9 Å². The van der Waals surface area contributed by atoms with Crippen molar-refractivity contribution in [2.24, 2.45) is 11.8 Å². The second-order valence-electron chi connectivity index (χ2n) is 6.71. The largest absolute Gasteiger partial charge is 0.312 e. The molecule has 18 heavy (non-hydrogen) atoms. The number of rotatable bonds is 6. The highest BCUT2D eigenvalue weighted by Crippen LogP contribution is 2.24. The molecule has 0 bridgehead atoms. The summed E-state index contributed by atoms with van der Waals surface area (Å²) in [4.78, 5) is 2.68.